The molecule has 7 heteroatoms. The van der Waals surface area contributed by atoms with Gasteiger partial charge in [-0.2, -0.15) is 0 Å². The molecule has 0 aromatic heterocycles. The molecule has 0 radical (unpaired) electrons. The summed E-state index contributed by atoms with van der Waals surface area (Å²) in [6, 6.07) is 6.77. The Morgan fingerprint density at radius 2 is 2.03 bits per heavy atom. The second-order valence-corrected chi connectivity index (χ2v) is 7.37. The minimum absolute atomic E-state index is 0.0553. The van der Waals surface area contributed by atoms with Crippen molar-refractivity contribution >= 4 is 23.3 Å². The summed E-state index contributed by atoms with van der Waals surface area (Å²) in [5.41, 5.74) is 1.94. The van der Waals surface area contributed by atoms with E-state index in [0.29, 0.717) is 25.1 Å². The fraction of sp³-hybridized carbons (Fsp3) is 0.591. The number of carboxylic acids is 1. The van der Waals surface area contributed by atoms with Crippen molar-refractivity contribution in [1.82, 2.24) is 4.90 Å². The van der Waals surface area contributed by atoms with Gasteiger partial charge < -0.3 is 25.5 Å². The van der Waals surface area contributed by atoms with Crippen LogP contribution in [-0.2, 0) is 14.3 Å². The molecule has 29 heavy (non-hydrogen) atoms. The van der Waals surface area contributed by atoms with Crippen molar-refractivity contribution in [2.24, 2.45) is 0 Å². The number of ether oxygens (including phenoxy) is 1. The summed E-state index contributed by atoms with van der Waals surface area (Å²) in [5, 5.41) is 21.3. The van der Waals surface area contributed by atoms with Gasteiger partial charge in [-0.05, 0) is 44.6 Å². The number of benzene rings is 1. The predicted molar refractivity (Wildman–Crippen MR) is 113 cm³/mol. The maximum absolute atomic E-state index is 12.7. The van der Waals surface area contributed by atoms with E-state index in [-0.39, 0.29) is 25.0 Å². The number of nitrogens with one attached hydrogen (secondary N) is 2. The van der Waals surface area contributed by atoms with Crippen LogP contribution in [0.5, 0.6) is 0 Å². The largest absolute Gasteiger partial charge is 0.480 e. The Balaban J connectivity index is 2.02. The van der Waals surface area contributed by atoms with Crippen LogP contribution in [0.25, 0.3) is 0 Å². The van der Waals surface area contributed by atoms with Gasteiger partial charge in [0.2, 0.25) is 5.91 Å². The van der Waals surface area contributed by atoms with E-state index in [1.165, 1.54) is 4.90 Å². The van der Waals surface area contributed by atoms with Gasteiger partial charge >= 0.3 is 5.97 Å². The monoisotopic (exact) mass is 403 g/mol. The molecule has 0 aliphatic carbocycles. The first-order chi connectivity index (χ1) is 14.0. The van der Waals surface area contributed by atoms with Crippen LogP contribution < -0.4 is 5.32 Å². The zero-order chi connectivity index (χ0) is 21.2. The molecule has 1 saturated heterocycles. The lowest BCUT2D eigenvalue weighted by Crippen LogP contribution is -2.45. The third-order valence-electron chi connectivity index (χ3n) is 5.17. The summed E-state index contributed by atoms with van der Waals surface area (Å²) in [6.07, 6.45) is 4.51. The molecule has 7 nitrogen and oxygen atoms in total. The first-order valence-electron chi connectivity index (χ1n) is 10.5. The standard InChI is InChI=1S/C22H33N3O4/c1-3-14-25(19(4-2)22(27)28)21(26)13-12-17(23)16-9-5-6-10-18(16)24-20-11-7-8-15-29-20/h5-6,9-10,19-20,23-24H,3-4,7-8,11-15H2,1-2H3,(H,27,28). The number of hydrogen-bond donors (Lipinski definition) is 3. The van der Waals surface area contributed by atoms with Crippen molar-refractivity contribution in [2.45, 2.75) is 71.1 Å². The molecule has 2 atom stereocenters. The number of carbonyl (C=O) groups is 2. The van der Waals surface area contributed by atoms with Crippen LogP contribution in [0, 0.1) is 5.41 Å². The highest BCUT2D eigenvalue weighted by atomic mass is 16.5. The fourth-order valence-corrected chi connectivity index (χ4v) is 3.63. The Morgan fingerprint density at radius 3 is 2.66 bits per heavy atom. The number of amides is 1. The molecular formula is C22H33N3O4. The maximum atomic E-state index is 12.7. The summed E-state index contributed by atoms with van der Waals surface area (Å²) in [5.74, 6) is -1.20. The van der Waals surface area contributed by atoms with Gasteiger partial charge in [0.05, 0.1) is 0 Å². The van der Waals surface area contributed by atoms with Crippen molar-refractivity contribution in [3.63, 3.8) is 0 Å². The molecule has 160 valence electrons. The highest BCUT2D eigenvalue weighted by Crippen LogP contribution is 2.22. The summed E-state index contributed by atoms with van der Waals surface area (Å²) in [6.45, 7) is 4.84. The average molecular weight is 404 g/mol. The number of anilines is 1. The van der Waals surface area contributed by atoms with E-state index in [0.717, 1.165) is 37.1 Å². The minimum Gasteiger partial charge on any atom is -0.480 e. The van der Waals surface area contributed by atoms with Crippen LogP contribution in [0.4, 0.5) is 5.69 Å². The Kier molecular flexibility index (Phi) is 9.12. The number of nitrogens with zero attached hydrogens (tertiary/aromatic N) is 1. The molecule has 1 aliphatic rings. The van der Waals surface area contributed by atoms with Crippen LogP contribution >= 0.6 is 0 Å². The quantitative estimate of drug-likeness (QED) is 0.487. The summed E-state index contributed by atoms with van der Waals surface area (Å²) in [4.78, 5) is 25.6. The van der Waals surface area contributed by atoms with E-state index in [4.69, 9.17) is 10.1 Å². The van der Waals surface area contributed by atoms with Gasteiger partial charge in [-0.15, -0.1) is 0 Å². The Labute approximate surface area is 172 Å². The third-order valence-corrected chi connectivity index (χ3v) is 5.17. The van der Waals surface area contributed by atoms with Crippen LogP contribution in [0.2, 0.25) is 0 Å². The van der Waals surface area contributed by atoms with Crippen LogP contribution in [0.1, 0.15) is 64.4 Å². The highest BCUT2D eigenvalue weighted by Gasteiger charge is 2.27. The molecule has 0 bridgehead atoms. The lowest BCUT2D eigenvalue weighted by atomic mass is 10.0. The predicted octanol–water partition coefficient (Wildman–Crippen LogP) is 3.87. The number of carboxylic acid groups (broad SMARTS) is 1. The zero-order valence-corrected chi connectivity index (χ0v) is 17.4. The van der Waals surface area contributed by atoms with Gasteiger partial charge in [0.15, 0.2) is 0 Å². The molecule has 2 unspecified atom stereocenters. The van der Waals surface area contributed by atoms with Gasteiger partial charge in [0, 0.05) is 36.5 Å². The normalized spacial score (nSPS) is 17.4. The van der Waals surface area contributed by atoms with Crippen LogP contribution in [-0.4, -0.2) is 53.0 Å². The summed E-state index contributed by atoms with van der Waals surface area (Å²) in [7, 11) is 0. The number of aliphatic carboxylic acids is 1. The van der Waals surface area contributed by atoms with Gasteiger partial charge in [-0.1, -0.05) is 32.0 Å². The summed E-state index contributed by atoms with van der Waals surface area (Å²) < 4.78 is 5.74. The van der Waals surface area contributed by atoms with Crippen molar-refractivity contribution in [3.05, 3.63) is 29.8 Å². The highest BCUT2D eigenvalue weighted by molar-refractivity contribution is 6.04. The lowest BCUT2D eigenvalue weighted by Gasteiger charge is -2.28. The molecule has 1 fully saturated rings. The van der Waals surface area contributed by atoms with E-state index in [2.05, 4.69) is 5.32 Å². The molecular weight excluding hydrogens is 370 g/mol. The molecule has 0 spiro atoms. The van der Waals surface area contributed by atoms with Gasteiger partial charge in [0.1, 0.15) is 12.3 Å². The Hall–Kier alpha value is -2.41. The topological polar surface area (TPSA) is 103 Å². The van der Waals surface area contributed by atoms with E-state index in [1.54, 1.807) is 6.92 Å². The zero-order valence-electron chi connectivity index (χ0n) is 17.4. The third kappa shape index (κ3) is 6.56. The van der Waals surface area contributed by atoms with E-state index >= 15 is 0 Å². The number of carbonyl (C=O) groups excluding carboxylic acids is 1. The maximum Gasteiger partial charge on any atom is 0.326 e. The SMILES string of the molecule is CCCN(C(=O)CCC(=N)c1ccccc1NC1CCCCO1)C(CC)C(=O)O. The first kappa shape index (κ1) is 22.9. The molecule has 2 rings (SSSR count). The first-order valence-corrected chi connectivity index (χ1v) is 10.5. The second-order valence-electron chi connectivity index (χ2n) is 7.37. The van der Waals surface area contributed by atoms with E-state index in [1.807, 2.05) is 31.2 Å². The van der Waals surface area contributed by atoms with Crippen molar-refractivity contribution in [3.8, 4) is 0 Å². The number of para-hydroxylation sites is 1. The Morgan fingerprint density at radius 1 is 1.28 bits per heavy atom. The smallest absolute Gasteiger partial charge is 0.326 e. The van der Waals surface area contributed by atoms with E-state index < -0.39 is 12.0 Å². The summed E-state index contributed by atoms with van der Waals surface area (Å²) >= 11 is 0. The number of rotatable bonds is 11. The van der Waals surface area contributed by atoms with Crippen LogP contribution in [0.3, 0.4) is 0 Å². The van der Waals surface area contributed by atoms with Gasteiger partial charge in [-0.25, -0.2) is 4.79 Å². The molecule has 1 aliphatic heterocycles. The average Bonchev–Trinajstić information content (AvgIpc) is 2.72. The molecule has 1 aromatic carbocycles. The molecule has 0 saturated carbocycles. The molecule has 1 aromatic rings. The minimum atomic E-state index is -0.980. The van der Waals surface area contributed by atoms with Crippen molar-refractivity contribution in [2.75, 3.05) is 18.5 Å². The van der Waals surface area contributed by atoms with E-state index in [9.17, 15) is 14.7 Å². The van der Waals surface area contributed by atoms with Crippen LogP contribution in [0.15, 0.2) is 24.3 Å². The Bertz CT molecular complexity index is 701. The molecule has 1 amide bonds. The lowest BCUT2D eigenvalue weighted by molar-refractivity contribution is -0.150. The van der Waals surface area contributed by atoms with Crippen molar-refractivity contribution < 1.29 is 19.4 Å². The molecule has 3 N–H and O–H groups in total. The van der Waals surface area contributed by atoms with Crippen molar-refractivity contribution in [1.29, 1.82) is 5.41 Å². The fourth-order valence-electron chi connectivity index (χ4n) is 3.63. The second kappa shape index (κ2) is 11.6. The van der Waals surface area contributed by atoms with Gasteiger partial charge in [0.25, 0.3) is 0 Å². The molecule has 1 heterocycles. The van der Waals surface area contributed by atoms with Gasteiger partial charge in [-0.3, -0.25) is 4.79 Å². The number of hydrogen-bond acceptors (Lipinski definition) is 5.